The van der Waals surface area contributed by atoms with Crippen LogP contribution < -0.4 is 10.6 Å². The Hall–Kier alpha value is -2.37. The van der Waals surface area contributed by atoms with Crippen LogP contribution in [0.5, 0.6) is 0 Å². The molecule has 0 bridgehead atoms. The second-order valence-corrected chi connectivity index (χ2v) is 8.47. The van der Waals surface area contributed by atoms with E-state index >= 15 is 0 Å². The van der Waals surface area contributed by atoms with Crippen LogP contribution in [0.1, 0.15) is 43.4 Å². The van der Waals surface area contributed by atoms with E-state index in [0.717, 1.165) is 45.1 Å². The van der Waals surface area contributed by atoms with Crippen molar-refractivity contribution in [2.24, 2.45) is 4.99 Å². The Kier molecular flexibility index (Phi) is 8.29. The topological polar surface area (TPSA) is 54.9 Å². The minimum atomic E-state index is 0.0142. The molecule has 5 heteroatoms. The number of aliphatic imine (C=N–C) groups is 1. The van der Waals surface area contributed by atoms with Crippen molar-refractivity contribution in [3.8, 4) is 0 Å². The molecule has 1 aliphatic rings. The maximum absolute atomic E-state index is 6.05. The predicted octanol–water partition coefficient (Wildman–Crippen LogP) is 4.03. The first-order chi connectivity index (χ1) is 14.6. The van der Waals surface area contributed by atoms with Crippen LogP contribution in [-0.2, 0) is 28.0 Å². The Balaban J connectivity index is 1.47. The van der Waals surface area contributed by atoms with Crippen LogP contribution in [0.4, 0.5) is 0 Å². The van der Waals surface area contributed by atoms with Crippen LogP contribution in [0, 0.1) is 0 Å². The van der Waals surface area contributed by atoms with Gasteiger partial charge in [0.05, 0.1) is 12.7 Å². The summed E-state index contributed by atoms with van der Waals surface area (Å²) in [6.45, 7) is 8.27. The van der Waals surface area contributed by atoms with Gasteiger partial charge >= 0.3 is 0 Å². The van der Waals surface area contributed by atoms with Gasteiger partial charge in [0, 0.05) is 38.8 Å². The molecule has 2 aromatic rings. The largest absolute Gasteiger partial charge is 0.381 e. The highest BCUT2D eigenvalue weighted by Crippen LogP contribution is 2.21. The molecule has 0 spiro atoms. The molecule has 0 saturated carbocycles. The normalized spacial score (nSPS) is 15.8. The second kappa shape index (κ2) is 11.1. The van der Waals surface area contributed by atoms with Gasteiger partial charge in [-0.25, -0.2) is 0 Å². The number of guanidine groups is 1. The van der Waals surface area contributed by atoms with Gasteiger partial charge in [0.25, 0.3) is 0 Å². The first-order valence-corrected chi connectivity index (χ1v) is 10.8. The zero-order valence-electron chi connectivity index (χ0n) is 18.5. The van der Waals surface area contributed by atoms with Gasteiger partial charge in [0.15, 0.2) is 5.96 Å². The van der Waals surface area contributed by atoms with E-state index in [1.54, 1.807) is 0 Å². The zero-order valence-corrected chi connectivity index (χ0v) is 18.5. The van der Waals surface area contributed by atoms with Crippen LogP contribution in [0.25, 0.3) is 0 Å². The molecule has 0 unspecified atom stereocenters. The summed E-state index contributed by atoms with van der Waals surface area (Å²) < 4.78 is 11.4. The molecule has 1 fully saturated rings. The summed E-state index contributed by atoms with van der Waals surface area (Å²) in [5, 5.41) is 6.89. The van der Waals surface area contributed by atoms with Crippen LogP contribution in [0.15, 0.2) is 59.6 Å². The van der Waals surface area contributed by atoms with Crippen molar-refractivity contribution >= 4 is 5.96 Å². The highest BCUT2D eigenvalue weighted by molar-refractivity contribution is 5.79. The van der Waals surface area contributed by atoms with Crippen LogP contribution in [-0.4, -0.2) is 38.9 Å². The summed E-state index contributed by atoms with van der Waals surface area (Å²) in [5.41, 5.74) is 3.74. The van der Waals surface area contributed by atoms with Crippen molar-refractivity contribution in [3.63, 3.8) is 0 Å². The summed E-state index contributed by atoms with van der Waals surface area (Å²) in [4.78, 5) is 4.38. The molecule has 0 radical (unpaired) electrons. The summed E-state index contributed by atoms with van der Waals surface area (Å²) >= 11 is 0. The lowest BCUT2D eigenvalue weighted by Crippen LogP contribution is -2.43. The number of nitrogens with one attached hydrogen (secondary N) is 2. The molecule has 1 heterocycles. The molecule has 0 aromatic heterocycles. The van der Waals surface area contributed by atoms with Gasteiger partial charge in [-0.2, -0.15) is 0 Å². The Labute approximate surface area is 180 Å². The highest BCUT2D eigenvalue weighted by atomic mass is 16.5. The van der Waals surface area contributed by atoms with Gasteiger partial charge in [0.1, 0.15) is 0 Å². The van der Waals surface area contributed by atoms with Gasteiger partial charge < -0.3 is 20.1 Å². The van der Waals surface area contributed by atoms with E-state index in [-0.39, 0.29) is 5.41 Å². The van der Waals surface area contributed by atoms with Crippen molar-refractivity contribution < 1.29 is 9.47 Å². The number of nitrogens with zero attached hydrogens (tertiary/aromatic N) is 1. The lowest BCUT2D eigenvalue weighted by atomic mass is 9.85. The number of hydrogen-bond acceptors (Lipinski definition) is 3. The van der Waals surface area contributed by atoms with Gasteiger partial charge in [-0.05, 0) is 29.5 Å². The molecule has 1 aliphatic heterocycles. The molecule has 30 heavy (non-hydrogen) atoms. The Morgan fingerprint density at radius 1 is 1.03 bits per heavy atom. The summed E-state index contributed by atoms with van der Waals surface area (Å²) in [6.07, 6.45) is 2.29. The first-order valence-electron chi connectivity index (χ1n) is 10.8. The number of rotatable bonds is 8. The molecule has 2 aromatic carbocycles. The molecule has 0 aliphatic carbocycles. The number of benzene rings is 2. The minimum Gasteiger partial charge on any atom is -0.381 e. The van der Waals surface area contributed by atoms with Gasteiger partial charge in [-0.3, -0.25) is 4.99 Å². The fourth-order valence-corrected chi connectivity index (χ4v) is 3.59. The number of ether oxygens (including phenoxy) is 2. The average Bonchev–Trinajstić information content (AvgIpc) is 2.79. The van der Waals surface area contributed by atoms with Crippen molar-refractivity contribution in [1.82, 2.24) is 10.6 Å². The van der Waals surface area contributed by atoms with E-state index in [1.807, 2.05) is 7.05 Å². The fraction of sp³-hybridized carbons (Fsp3) is 0.480. The third-order valence-electron chi connectivity index (χ3n) is 5.58. The van der Waals surface area contributed by atoms with Gasteiger partial charge in [0.2, 0.25) is 0 Å². The molecule has 3 rings (SSSR count). The van der Waals surface area contributed by atoms with Crippen molar-refractivity contribution in [2.45, 2.75) is 51.4 Å². The third kappa shape index (κ3) is 6.85. The van der Waals surface area contributed by atoms with E-state index in [2.05, 4.69) is 84.1 Å². The molecule has 2 N–H and O–H groups in total. The Morgan fingerprint density at radius 3 is 2.50 bits per heavy atom. The Morgan fingerprint density at radius 2 is 1.77 bits per heavy atom. The molecular weight excluding hydrogens is 374 g/mol. The van der Waals surface area contributed by atoms with Crippen LogP contribution in [0.2, 0.25) is 0 Å². The molecule has 0 amide bonds. The van der Waals surface area contributed by atoms with Gasteiger partial charge in [-0.1, -0.05) is 68.4 Å². The zero-order chi connectivity index (χ0) is 21.2. The highest BCUT2D eigenvalue weighted by Gasteiger charge is 2.20. The van der Waals surface area contributed by atoms with Crippen molar-refractivity contribution in [1.29, 1.82) is 0 Å². The minimum absolute atomic E-state index is 0.0142. The maximum Gasteiger partial charge on any atom is 0.191 e. The predicted molar refractivity (Wildman–Crippen MR) is 123 cm³/mol. The summed E-state index contributed by atoms with van der Waals surface area (Å²) in [5.74, 6) is 0.808. The van der Waals surface area contributed by atoms with Crippen molar-refractivity contribution in [2.75, 3.05) is 26.8 Å². The van der Waals surface area contributed by atoms with E-state index in [0.29, 0.717) is 12.7 Å². The quantitative estimate of drug-likeness (QED) is 0.511. The fourth-order valence-electron chi connectivity index (χ4n) is 3.59. The molecule has 162 valence electrons. The molecule has 0 atom stereocenters. The summed E-state index contributed by atoms with van der Waals surface area (Å²) in [6, 6.07) is 19.1. The SMILES string of the molecule is CN=C(NCc1cccc(COC2CCOCC2)c1)NCC(C)(C)c1ccccc1. The van der Waals surface area contributed by atoms with E-state index < -0.39 is 0 Å². The monoisotopic (exact) mass is 409 g/mol. The molecule has 1 saturated heterocycles. The smallest absolute Gasteiger partial charge is 0.191 e. The lowest BCUT2D eigenvalue weighted by Gasteiger charge is -2.26. The lowest BCUT2D eigenvalue weighted by molar-refractivity contribution is -0.0390. The van der Waals surface area contributed by atoms with Crippen LogP contribution in [0.3, 0.4) is 0 Å². The van der Waals surface area contributed by atoms with Crippen LogP contribution >= 0.6 is 0 Å². The standard InChI is InChI=1S/C25H35N3O2/c1-25(2,22-10-5-4-6-11-22)19-28-24(26-3)27-17-20-8-7-9-21(16-20)18-30-23-12-14-29-15-13-23/h4-11,16,23H,12-15,17-19H2,1-3H3,(H2,26,27,28). The first kappa shape index (κ1) is 22.3. The maximum atomic E-state index is 6.05. The van der Waals surface area contributed by atoms with E-state index in [1.165, 1.54) is 16.7 Å². The van der Waals surface area contributed by atoms with E-state index in [4.69, 9.17) is 9.47 Å². The van der Waals surface area contributed by atoms with Gasteiger partial charge in [-0.15, -0.1) is 0 Å². The van der Waals surface area contributed by atoms with E-state index in [9.17, 15) is 0 Å². The Bertz CT molecular complexity index is 799. The average molecular weight is 410 g/mol. The summed E-state index contributed by atoms with van der Waals surface area (Å²) in [7, 11) is 1.81. The second-order valence-electron chi connectivity index (χ2n) is 8.47. The van der Waals surface area contributed by atoms with Crippen molar-refractivity contribution in [3.05, 3.63) is 71.3 Å². The molecule has 5 nitrogen and oxygen atoms in total. The number of hydrogen-bond donors (Lipinski definition) is 2. The molecular formula is C25H35N3O2. The third-order valence-corrected chi connectivity index (χ3v) is 5.58.